The van der Waals surface area contributed by atoms with Gasteiger partial charge >= 0.3 is 0 Å². The van der Waals surface area contributed by atoms with E-state index in [0.717, 1.165) is 24.6 Å². The zero-order valence-corrected chi connectivity index (χ0v) is 11.2. The highest BCUT2D eigenvalue weighted by molar-refractivity contribution is 5.76. The zero-order chi connectivity index (χ0) is 13.0. The number of carbonyl (C=O) groups is 1. The highest BCUT2D eigenvalue weighted by atomic mass is 16.5. The van der Waals surface area contributed by atoms with Crippen LogP contribution in [0.5, 0.6) is 5.75 Å². The van der Waals surface area contributed by atoms with Crippen molar-refractivity contribution in [2.75, 3.05) is 20.7 Å². The van der Waals surface area contributed by atoms with Crippen molar-refractivity contribution in [1.82, 2.24) is 4.90 Å². The van der Waals surface area contributed by atoms with Gasteiger partial charge in [-0.1, -0.05) is 12.1 Å². The van der Waals surface area contributed by atoms with E-state index in [-0.39, 0.29) is 5.91 Å². The van der Waals surface area contributed by atoms with Crippen LogP contribution in [0, 0.1) is 5.92 Å². The monoisotopic (exact) mass is 247 g/mol. The van der Waals surface area contributed by atoms with Crippen LogP contribution >= 0.6 is 0 Å². The van der Waals surface area contributed by atoms with E-state index in [9.17, 15) is 4.79 Å². The molecule has 1 aliphatic carbocycles. The summed E-state index contributed by atoms with van der Waals surface area (Å²) in [6.45, 7) is 0.932. The average Bonchev–Trinajstić information content (AvgIpc) is 3.20. The maximum Gasteiger partial charge on any atom is 0.222 e. The molecular weight excluding hydrogens is 226 g/mol. The number of aryl methyl sites for hydroxylation is 1. The van der Waals surface area contributed by atoms with Crippen LogP contribution in [0.3, 0.4) is 0 Å². The van der Waals surface area contributed by atoms with Gasteiger partial charge in [-0.25, -0.2) is 0 Å². The molecule has 1 aromatic carbocycles. The molecule has 2 rings (SSSR count). The summed E-state index contributed by atoms with van der Waals surface area (Å²) in [4.78, 5) is 13.8. The Hall–Kier alpha value is -1.51. The zero-order valence-electron chi connectivity index (χ0n) is 11.2. The lowest BCUT2D eigenvalue weighted by molar-refractivity contribution is -0.130. The van der Waals surface area contributed by atoms with E-state index in [2.05, 4.69) is 0 Å². The molecule has 3 nitrogen and oxygen atoms in total. The van der Waals surface area contributed by atoms with Crippen LogP contribution in [0.25, 0.3) is 0 Å². The van der Waals surface area contributed by atoms with Gasteiger partial charge in [0.2, 0.25) is 5.91 Å². The van der Waals surface area contributed by atoms with Crippen LogP contribution in [0.1, 0.15) is 24.8 Å². The standard InChI is InChI=1S/C15H21NO2/c1-16(11-13-3-4-13)15(17)10-7-12-5-8-14(18-2)9-6-12/h5-6,8-9,13H,3-4,7,10-11H2,1-2H3. The second-order valence-corrected chi connectivity index (χ2v) is 5.07. The molecule has 3 heteroatoms. The van der Waals surface area contributed by atoms with Crippen molar-refractivity contribution in [2.24, 2.45) is 5.92 Å². The smallest absolute Gasteiger partial charge is 0.222 e. The topological polar surface area (TPSA) is 29.5 Å². The summed E-state index contributed by atoms with van der Waals surface area (Å²) in [5.41, 5.74) is 1.18. The van der Waals surface area contributed by atoms with Crippen molar-refractivity contribution in [2.45, 2.75) is 25.7 Å². The molecule has 98 valence electrons. The lowest BCUT2D eigenvalue weighted by Gasteiger charge is -2.16. The molecule has 1 amide bonds. The number of ether oxygens (including phenoxy) is 1. The van der Waals surface area contributed by atoms with Gasteiger partial charge in [0.15, 0.2) is 0 Å². The largest absolute Gasteiger partial charge is 0.497 e. The van der Waals surface area contributed by atoms with Gasteiger partial charge in [0.05, 0.1) is 7.11 Å². The first-order valence-electron chi connectivity index (χ1n) is 6.56. The summed E-state index contributed by atoms with van der Waals surface area (Å²) in [7, 11) is 3.57. The molecule has 1 aromatic rings. The van der Waals surface area contributed by atoms with Gasteiger partial charge in [0.1, 0.15) is 5.75 Å². The van der Waals surface area contributed by atoms with Gasteiger partial charge in [-0.15, -0.1) is 0 Å². The fourth-order valence-electron chi connectivity index (χ4n) is 2.02. The second kappa shape index (κ2) is 5.89. The Morgan fingerprint density at radius 2 is 2.00 bits per heavy atom. The molecule has 0 radical (unpaired) electrons. The van der Waals surface area contributed by atoms with Crippen LogP contribution in [0.4, 0.5) is 0 Å². The quantitative estimate of drug-likeness (QED) is 0.773. The van der Waals surface area contributed by atoms with Crippen LogP contribution in [0.2, 0.25) is 0 Å². The van der Waals surface area contributed by atoms with E-state index in [1.165, 1.54) is 18.4 Å². The highest BCUT2D eigenvalue weighted by Crippen LogP contribution is 2.29. The maximum absolute atomic E-state index is 11.9. The Bertz CT molecular complexity index is 395. The fraction of sp³-hybridized carbons (Fsp3) is 0.533. The van der Waals surface area contributed by atoms with Crippen molar-refractivity contribution in [1.29, 1.82) is 0 Å². The van der Waals surface area contributed by atoms with Gasteiger partial charge in [0, 0.05) is 20.0 Å². The van der Waals surface area contributed by atoms with E-state index in [4.69, 9.17) is 4.74 Å². The molecule has 1 fully saturated rings. The SMILES string of the molecule is COc1ccc(CCC(=O)N(C)CC2CC2)cc1. The predicted octanol–water partition coefficient (Wildman–Crippen LogP) is 2.50. The second-order valence-electron chi connectivity index (χ2n) is 5.07. The molecule has 0 aliphatic heterocycles. The summed E-state index contributed by atoms with van der Waals surface area (Å²) in [6.07, 6.45) is 3.97. The number of carbonyl (C=O) groups excluding carboxylic acids is 1. The first kappa shape index (κ1) is 12.9. The Morgan fingerprint density at radius 1 is 1.33 bits per heavy atom. The van der Waals surface area contributed by atoms with Crippen molar-refractivity contribution >= 4 is 5.91 Å². The van der Waals surface area contributed by atoms with Crippen molar-refractivity contribution in [3.8, 4) is 5.75 Å². The van der Waals surface area contributed by atoms with Crippen LogP contribution < -0.4 is 4.74 Å². The molecule has 0 aromatic heterocycles. The van der Waals surface area contributed by atoms with Gasteiger partial charge in [-0.05, 0) is 42.9 Å². The van der Waals surface area contributed by atoms with Crippen molar-refractivity contribution in [3.05, 3.63) is 29.8 Å². The van der Waals surface area contributed by atoms with E-state index in [0.29, 0.717) is 6.42 Å². The number of amides is 1. The van der Waals surface area contributed by atoms with Crippen molar-refractivity contribution in [3.63, 3.8) is 0 Å². The lowest BCUT2D eigenvalue weighted by atomic mass is 10.1. The summed E-state index contributed by atoms with van der Waals surface area (Å²) in [5.74, 6) is 1.87. The Morgan fingerprint density at radius 3 is 2.56 bits per heavy atom. The molecule has 0 atom stereocenters. The fourth-order valence-corrected chi connectivity index (χ4v) is 2.02. The minimum atomic E-state index is 0.248. The van der Waals surface area contributed by atoms with E-state index >= 15 is 0 Å². The predicted molar refractivity (Wildman–Crippen MR) is 71.7 cm³/mol. The highest BCUT2D eigenvalue weighted by Gasteiger charge is 2.24. The van der Waals surface area contributed by atoms with Crippen molar-refractivity contribution < 1.29 is 9.53 Å². The van der Waals surface area contributed by atoms with Gasteiger partial charge in [-0.2, -0.15) is 0 Å². The summed E-state index contributed by atoms with van der Waals surface area (Å²) >= 11 is 0. The average molecular weight is 247 g/mol. The first-order chi connectivity index (χ1) is 8.69. The minimum Gasteiger partial charge on any atom is -0.497 e. The van der Waals surface area contributed by atoms with Gasteiger partial charge < -0.3 is 9.64 Å². The molecule has 1 saturated carbocycles. The first-order valence-corrected chi connectivity index (χ1v) is 6.56. The minimum absolute atomic E-state index is 0.248. The molecule has 0 bridgehead atoms. The summed E-state index contributed by atoms with van der Waals surface area (Å²) in [5, 5.41) is 0. The Labute approximate surface area is 109 Å². The summed E-state index contributed by atoms with van der Waals surface area (Å²) in [6, 6.07) is 7.92. The third-order valence-electron chi connectivity index (χ3n) is 3.44. The third-order valence-corrected chi connectivity index (χ3v) is 3.44. The lowest BCUT2D eigenvalue weighted by Crippen LogP contribution is -2.28. The number of hydrogen-bond acceptors (Lipinski definition) is 2. The molecule has 0 N–H and O–H groups in total. The van der Waals surface area contributed by atoms with Crippen LogP contribution in [-0.2, 0) is 11.2 Å². The number of methoxy groups -OCH3 is 1. The molecule has 0 unspecified atom stereocenters. The molecular formula is C15H21NO2. The number of rotatable bonds is 6. The molecule has 0 saturated heterocycles. The molecule has 1 aliphatic rings. The normalized spacial score (nSPS) is 14.3. The van der Waals surface area contributed by atoms with Crippen LogP contribution in [-0.4, -0.2) is 31.5 Å². The van der Waals surface area contributed by atoms with Crippen LogP contribution in [0.15, 0.2) is 24.3 Å². The number of nitrogens with zero attached hydrogens (tertiary/aromatic N) is 1. The van der Waals surface area contributed by atoms with E-state index in [1.807, 2.05) is 36.2 Å². The third kappa shape index (κ3) is 3.76. The number of benzene rings is 1. The number of hydrogen-bond donors (Lipinski definition) is 0. The molecule has 0 spiro atoms. The Kier molecular flexibility index (Phi) is 4.24. The van der Waals surface area contributed by atoms with E-state index < -0.39 is 0 Å². The Balaban J connectivity index is 1.76. The van der Waals surface area contributed by atoms with Gasteiger partial charge in [0.25, 0.3) is 0 Å². The van der Waals surface area contributed by atoms with Gasteiger partial charge in [-0.3, -0.25) is 4.79 Å². The van der Waals surface area contributed by atoms with E-state index in [1.54, 1.807) is 7.11 Å². The maximum atomic E-state index is 11.9. The molecule has 18 heavy (non-hydrogen) atoms. The summed E-state index contributed by atoms with van der Waals surface area (Å²) < 4.78 is 5.11. The molecule has 0 heterocycles.